The first-order chi connectivity index (χ1) is 13.8. The van der Waals surface area contributed by atoms with Gasteiger partial charge < -0.3 is 15.3 Å². The fourth-order valence-corrected chi connectivity index (χ4v) is 3.19. The van der Waals surface area contributed by atoms with Crippen molar-refractivity contribution in [3.05, 3.63) is 60.2 Å². The maximum absolute atomic E-state index is 12.5. The number of anilines is 2. The maximum Gasteiger partial charge on any atom is 0.310 e. The van der Waals surface area contributed by atoms with Gasteiger partial charge in [0.25, 0.3) is 0 Å². The number of nitrogens with one attached hydrogen (secondary N) is 1. The summed E-state index contributed by atoms with van der Waals surface area (Å²) in [6.07, 6.45) is 0.954. The zero-order valence-electron chi connectivity index (χ0n) is 17.1. The Kier molecular flexibility index (Phi) is 7.53. The van der Waals surface area contributed by atoms with Crippen molar-refractivity contribution in [3.8, 4) is 0 Å². The highest BCUT2D eigenvalue weighted by atomic mass is 16.4. The Bertz CT molecular complexity index is 843. The molecule has 0 fully saturated rings. The molecule has 6 heteroatoms. The monoisotopic (exact) mass is 396 g/mol. The molecule has 0 heterocycles. The van der Waals surface area contributed by atoms with Crippen molar-refractivity contribution in [3.63, 3.8) is 0 Å². The Morgan fingerprint density at radius 2 is 1.55 bits per heavy atom. The molecule has 0 aliphatic heterocycles. The fourth-order valence-electron chi connectivity index (χ4n) is 3.19. The van der Waals surface area contributed by atoms with Gasteiger partial charge in [0.2, 0.25) is 11.8 Å². The zero-order valence-corrected chi connectivity index (χ0v) is 17.1. The van der Waals surface area contributed by atoms with Crippen molar-refractivity contribution in [1.29, 1.82) is 0 Å². The van der Waals surface area contributed by atoms with Gasteiger partial charge in [0, 0.05) is 24.8 Å². The summed E-state index contributed by atoms with van der Waals surface area (Å²) in [5, 5.41) is 12.2. The molecule has 2 N–H and O–H groups in total. The predicted octanol–water partition coefficient (Wildman–Crippen LogP) is 4.11. The number of rotatable bonds is 9. The fraction of sp³-hybridized carbons (Fsp3) is 0.348. The van der Waals surface area contributed by atoms with Crippen molar-refractivity contribution in [2.45, 2.75) is 39.5 Å². The lowest BCUT2D eigenvalue weighted by Crippen LogP contribution is -2.34. The molecular formula is C23H28N2O4. The van der Waals surface area contributed by atoms with Crippen LogP contribution in [0.25, 0.3) is 0 Å². The SMILES string of the molecule is CCC(CC)(CC(=O)Nc1ccc(CC(=O)N(C)c2ccccc2)cc1)C(=O)O. The van der Waals surface area contributed by atoms with E-state index in [9.17, 15) is 19.5 Å². The quantitative estimate of drug-likeness (QED) is 0.668. The summed E-state index contributed by atoms with van der Waals surface area (Å²) < 4.78 is 0. The van der Waals surface area contributed by atoms with E-state index in [1.807, 2.05) is 30.3 Å². The van der Waals surface area contributed by atoms with Crippen LogP contribution < -0.4 is 10.2 Å². The summed E-state index contributed by atoms with van der Waals surface area (Å²) in [5.74, 6) is -1.32. The highest BCUT2D eigenvalue weighted by molar-refractivity contribution is 5.95. The molecule has 29 heavy (non-hydrogen) atoms. The zero-order chi connectivity index (χ0) is 21.4. The van der Waals surface area contributed by atoms with Crippen molar-refractivity contribution in [1.82, 2.24) is 0 Å². The highest BCUT2D eigenvalue weighted by Crippen LogP contribution is 2.31. The molecule has 0 atom stereocenters. The molecule has 0 saturated heterocycles. The number of hydrogen-bond acceptors (Lipinski definition) is 3. The first-order valence-corrected chi connectivity index (χ1v) is 9.75. The van der Waals surface area contributed by atoms with E-state index in [1.165, 1.54) is 0 Å². The topological polar surface area (TPSA) is 86.7 Å². The number of nitrogens with zero attached hydrogens (tertiary/aromatic N) is 1. The van der Waals surface area contributed by atoms with E-state index in [1.54, 1.807) is 50.1 Å². The number of para-hydroxylation sites is 1. The van der Waals surface area contributed by atoms with Gasteiger partial charge in [-0.2, -0.15) is 0 Å². The lowest BCUT2D eigenvalue weighted by molar-refractivity contribution is -0.151. The molecule has 2 rings (SSSR count). The molecule has 0 aromatic heterocycles. The van der Waals surface area contributed by atoms with Gasteiger partial charge in [-0.3, -0.25) is 14.4 Å². The van der Waals surface area contributed by atoms with Crippen LogP contribution in [0.5, 0.6) is 0 Å². The standard InChI is InChI=1S/C23H28N2O4/c1-4-23(5-2,22(28)29)16-20(26)24-18-13-11-17(12-14-18)15-21(27)25(3)19-9-7-6-8-10-19/h6-14H,4-5,15-16H2,1-3H3,(H,24,26)(H,28,29). The number of amides is 2. The first kappa shape index (κ1) is 22.1. The summed E-state index contributed by atoms with van der Waals surface area (Å²) in [4.78, 5) is 38.0. The summed E-state index contributed by atoms with van der Waals surface area (Å²) in [5.41, 5.74) is 1.19. The maximum atomic E-state index is 12.5. The van der Waals surface area contributed by atoms with Crippen LogP contribution in [0.4, 0.5) is 11.4 Å². The van der Waals surface area contributed by atoms with Gasteiger partial charge >= 0.3 is 5.97 Å². The Balaban J connectivity index is 1.97. The minimum Gasteiger partial charge on any atom is -0.481 e. The third-order valence-electron chi connectivity index (χ3n) is 5.42. The summed E-state index contributed by atoms with van der Waals surface area (Å²) in [6.45, 7) is 3.56. The average Bonchev–Trinajstić information content (AvgIpc) is 2.73. The molecule has 0 saturated carbocycles. The van der Waals surface area contributed by atoms with Crippen LogP contribution in [0.3, 0.4) is 0 Å². The number of hydrogen-bond donors (Lipinski definition) is 2. The van der Waals surface area contributed by atoms with E-state index in [4.69, 9.17) is 0 Å². The van der Waals surface area contributed by atoms with Crippen molar-refractivity contribution >= 4 is 29.2 Å². The molecule has 2 aromatic rings. The number of carbonyl (C=O) groups excluding carboxylic acids is 2. The highest BCUT2D eigenvalue weighted by Gasteiger charge is 2.37. The van der Waals surface area contributed by atoms with E-state index in [0.29, 0.717) is 18.5 Å². The number of benzene rings is 2. The molecular weight excluding hydrogens is 368 g/mol. The van der Waals surface area contributed by atoms with E-state index in [2.05, 4.69) is 5.32 Å². The van der Waals surface area contributed by atoms with Crippen LogP contribution in [0, 0.1) is 5.41 Å². The van der Waals surface area contributed by atoms with Crippen molar-refractivity contribution in [2.24, 2.45) is 5.41 Å². The van der Waals surface area contributed by atoms with Crippen LogP contribution >= 0.6 is 0 Å². The smallest absolute Gasteiger partial charge is 0.310 e. The van der Waals surface area contributed by atoms with Gasteiger partial charge in [0.1, 0.15) is 0 Å². The molecule has 2 aromatic carbocycles. The molecule has 0 bridgehead atoms. The largest absolute Gasteiger partial charge is 0.481 e. The molecule has 0 aliphatic rings. The summed E-state index contributed by atoms with van der Waals surface area (Å²) in [6, 6.07) is 16.4. The van der Waals surface area contributed by atoms with Crippen molar-refractivity contribution < 1.29 is 19.5 Å². The number of carboxylic acids is 1. The summed E-state index contributed by atoms with van der Waals surface area (Å²) >= 11 is 0. The second-order valence-electron chi connectivity index (χ2n) is 7.18. The van der Waals surface area contributed by atoms with Gasteiger partial charge in [-0.1, -0.05) is 44.2 Å². The van der Waals surface area contributed by atoms with Crippen LogP contribution in [-0.2, 0) is 20.8 Å². The van der Waals surface area contributed by atoms with E-state index >= 15 is 0 Å². The third kappa shape index (κ3) is 5.67. The minimum absolute atomic E-state index is 0.0369. The molecule has 0 aliphatic carbocycles. The van der Waals surface area contributed by atoms with E-state index in [-0.39, 0.29) is 24.7 Å². The lowest BCUT2D eigenvalue weighted by atomic mass is 9.79. The molecule has 0 unspecified atom stereocenters. The van der Waals surface area contributed by atoms with Crippen LogP contribution in [-0.4, -0.2) is 29.9 Å². The third-order valence-corrected chi connectivity index (χ3v) is 5.42. The van der Waals surface area contributed by atoms with Gasteiger partial charge in [-0.25, -0.2) is 0 Å². The Hall–Kier alpha value is -3.15. The molecule has 0 spiro atoms. The van der Waals surface area contributed by atoms with Crippen LogP contribution in [0.1, 0.15) is 38.7 Å². The number of carboxylic acid groups (broad SMARTS) is 1. The normalized spacial score (nSPS) is 11.0. The Morgan fingerprint density at radius 3 is 2.07 bits per heavy atom. The molecule has 2 amide bonds. The van der Waals surface area contributed by atoms with Gasteiger partial charge in [0.05, 0.1) is 11.8 Å². The van der Waals surface area contributed by atoms with Gasteiger partial charge in [-0.15, -0.1) is 0 Å². The average molecular weight is 396 g/mol. The van der Waals surface area contributed by atoms with Crippen molar-refractivity contribution in [2.75, 3.05) is 17.3 Å². The molecule has 154 valence electrons. The van der Waals surface area contributed by atoms with Gasteiger partial charge in [-0.05, 0) is 42.7 Å². The van der Waals surface area contributed by atoms with Crippen LogP contribution in [0.15, 0.2) is 54.6 Å². The van der Waals surface area contributed by atoms with E-state index < -0.39 is 11.4 Å². The van der Waals surface area contributed by atoms with Crippen LogP contribution in [0.2, 0.25) is 0 Å². The number of carbonyl (C=O) groups is 3. The Morgan fingerprint density at radius 1 is 0.966 bits per heavy atom. The second kappa shape index (κ2) is 9.87. The first-order valence-electron chi connectivity index (χ1n) is 9.75. The predicted molar refractivity (Wildman–Crippen MR) is 114 cm³/mol. The summed E-state index contributed by atoms with van der Waals surface area (Å²) in [7, 11) is 1.74. The molecule has 0 radical (unpaired) electrons. The number of likely N-dealkylation sites (N-methyl/N-ethyl adjacent to an activating group) is 1. The van der Waals surface area contributed by atoms with Gasteiger partial charge in [0.15, 0.2) is 0 Å². The lowest BCUT2D eigenvalue weighted by Gasteiger charge is -2.25. The van der Waals surface area contributed by atoms with E-state index in [0.717, 1.165) is 11.3 Å². The minimum atomic E-state index is -1.04. The second-order valence-corrected chi connectivity index (χ2v) is 7.18. The number of aliphatic carboxylic acids is 1. The molecule has 6 nitrogen and oxygen atoms in total. The Labute approximate surface area is 171 Å².